The maximum atomic E-state index is 6.19. The number of rotatable bonds is 7. The molecule has 0 amide bonds. The van der Waals surface area contributed by atoms with Crippen LogP contribution in [0.4, 0.5) is 0 Å². The van der Waals surface area contributed by atoms with Gasteiger partial charge in [0.2, 0.25) is 0 Å². The molecule has 0 bridgehead atoms. The van der Waals surface area contributed by atoms with Gasteiger partial charge in [-0.1, -0.05) is 309 Å². The van der Waals surface area contributed by atoms with Gasteiger partial charge in [-0.25, -0.2) is 0 Å². The molecule has 0 aliphatic heterocycles. The van der Waals surface area contributed by atoms with Crippen molar-refractivity contribution in [2.75, 3.05) is 0 Å². The molecule has 0 aliphatic carbocycles. The zero-order valence-electron chi connectivity index (χ0n) is 67.5. The third kappa shape index (κ3) is 11.0. The standard InChI is InChI=1S/C42H26N4.C36H21N3O.C36H21N3S/c1-2-15-29(16-3-1)45-37-23-11-9-20-33(37)40-34(21-12-24-38(40)45)41-31-18-6-7-19-32(31)42(44-43-41)46-36-22-10-8-17-30(36)35-25-27-13-4-5-14-28(27)26-39(35)46;2*1-2-11-23-21-31-29(20-22(23)10-1)24-12-5-7-17-30(24)39(31)36-26-14-4-3-13-25(26)35(37-38-36)28-16-9-19-33-34(28)27-15-6-8-18-32(27)40-33/h1-26H;2*1-21H. The summed E-state index contributed by atoms with van der Waals surface area (Å²) in [5.74, 6) is 2.51. The van der Waals surface area contributed by atoms with Crippen molar-refractivity contribution in [1.82, 2.24) is 48.9 Å². The first-order chi connectivity index (χ1) is 62.5. The normalized spacial score (nSPS) is 12.0. The minimum atomic E-state index is 0.824. The molecule has 28 rings (SSSR count). The van der Waals surface area contributed by atoms with Crippen molar-refractivity contribution in [1.29, 1.82) is 0 Å². The van der Waals surface area contributed by atoms with Gasteiger partial charge in [0.1, 0.15) is 28.2 Å². The van der Waals surface area contributed by atoms with Crippen LogP contribution in [0.3, 0.4) is 0 Å². The molecule has 0 unspecified atom stereocenters. The fourth-order valence-corrected chi connectivity index (χ4v) is 21.2. The average Bonchev–Trinajstić information content (AvgIpc) is 1.54. The van der Waals surface area contributed by atoms with Crippen LogP contribution >= 0.6 is 11.3 Å². The van der Waals surface area contributed by atoms with Crippen molar-refractivity contribution in [3.8, 4) is 56.9 Å². The van der Waals surface area contributed by atoms with E-state index in [4.69, 9.17) is 35.0 Å². The van der Waals surface area contributed by atoms with Crippen LogP contribution in [0.2, 0.25) is 0 Å². The molecule has 9 aromatic heterocycles. The lowest BCUT2D eigenvalue weighted by Crippen LogP contribution is -2.02. The van der Waals surface area contributed by atoms with Gasteiger partial charge >= 0.3 is 0 Å². The predicted molar refractivity (Wildman–Crippen MR) is 525 cm³/mol. The van der Waals surface area contributed by atoms with Crippen molar-refractivity contribution in [2.45, 2.75) is 0 Å². The third-order valence-corrected chi connectivity index (χ3v) is 26.7. The molecule has 0 atom stereocenters. The highest BCUT2D eigenvalue weighted by Crippen LogP contribution is 2.48. The van der Waals surface area contributed by atoms with E-state index < -0.39 is 0 Å². The lowest BCUT2D eigenvalue weighted by Gasteiger charge is -2.13. The number of benzene rings is 19. The van der Waals surface area contributed by atoms with Crippen molar-refractivity contribution in [3.05, 3.63) is 413 Å². The smallest absolute Gasteiger partial charge is 0.168 e. The Labute approximate surface area is 723 Å². The van der Waals surface area contributed by atoms with Gasteiger partial charge in [0, 0.05) is 129 Å². The summed E-state index contributed by atoms with van der Waals surface area (Å²) in [6, 6.07) is 146. The predicted octanol–water partition coefficient (Wildman–Crippen LogP) is 30.0. The molecule has 0 aliphatic rings. The van der Waals surface area contributed by atoms with Crippen LogP contribution in [0, 0.1) is 0 Å². The second-order valence-electron chi connectivity index (χ2n) is 32.4. The van der Waals surface area contributed by atoms with Gasteiger partial charge in [0.15, 0.2) is 17.5 Å². The van der Waals surface area contributed by atoms with Crippen LogP contribution in [0.25, 0.3) is 251 Å². The molecule has 28 aromatic rings. The van der Waals surface area contributed by atoms with Crippen LogP contribution in [0.15, 0.2) is 417 Å². The lowest BCUT2D eigenvalue weighted by molar-refractivity contribution is 0.669. The first-order valence-electron chi connectivity index (χ1n) is 42.5. The van der Waals surface area contributed by atoms with Gasteiger partial charge in [-0.2, -0.15) is 0 Å². The molecule has 9 heterocycles. The summed E-state index contributed by atoms with van der Waals surface area (Å²) in [6.45, 7) is 0. The average molecular weight is 1630 g/mol. The van der Waals surface area contributed by atoms with Crippen LogP contribution in [0.5, 0.6) is 0 Å². The van der Waals surface area contributed by atoms with Crippen molar-refractivity contribution in [2.24, 2.45) is 0 Å². The fraction of sp³-hybridized carbons (Fsp3) is 0. The monoisotopic (exact) mass is 1620 g/mol. The van der Waals surface area contributed by atoms with Crippen molar-refractivity contribution < 1.29 is 4.42 Å². The fourth-order valence-electron chi connectivity index (χ4n) is 20.0. The Bertz CT molecular complexity index is 9070. The number of thiophene rings is 1. The number of aromatic nitrogens is 10. The summed E-state index contributed by atoms with van der Waals surface area (Å²) in [4.78, 5) is 0. The molecule has 12 heteroatoms. The Balaban J connectivity index is 0.000000101. The highest BCUT2D eigenvalue weighted by Gasteiger charge is 2.27. The zero-order chi connectivity index (χ0) is 82.6. The van der Waals surface area contributed by atoms with Crippen molar-refractivity contribution in [3.63, 3.8) is 0 Å². The molecule has 19 aromatic carbocycles. The first kappa shape index (κ1) is 71.0. The van der Waals surface area contributed by atoms with Gasteiger partial charge in [-0.15, -0.1) is 41.9 Å². The zero-order valence-corrected chi connectivity index (χ0v) is 68.4. The Morgan fingerprint density at radius 2 is 0.500 bits per heavy atom. The third-order valence-electron chi connectivity index (χ3n) is 25.5. The molecule has 11 nitrogen and oxygen atoms in total. The van der Waals surface area contributed by atoms with Gasteiger partial charge in [0.25, 0.3) is 0 Å². The molecule has 0 spiro atoms. The Morgan fingerprint density at radius 3 is 0.968 bits per heavy atom. The second-order valence-corrected chi connectivity index (χ2v) is 33.5. The Morgan fingerprint density at radius 1 is 0.183 bits per heavy atom. The summed E-state index contributed by atoms with van der Waals surface area (Å²) in [5, 5.41) is 58.0. The van der Waals surface area contributed by atoms with E-state index >= 15 is 0 Å². The van der Waals surface area contributed by atoms with Gasteiger partial charge < -0.3 is 8.98 Å². The van der Waals surface area contributed by atoms with Crippen LogP contribution < -0.4 is 0 Å². The summed E-state index contributed by atoms with van der Waals surface area (Å²) < 4.78 is 17.9. The summed E-state index contributed by atoms with van der Waals surface area (Å²) >= 11 is 1.83. The van der Waals surface area contributed by atoms with E-state index in [0.717, 1.165) is 150 Å². The maximum Gasteiger partial charge on any atom is 0.168 e. The summed E-state index contributed by atoms with van der Waals surface area (Å²) in [6.07, 6.45) is 0. The number of hydrogen-bond donors (Lipinski definition) is 0. The number of hydrogen-bond acceptors (Lipinski definition) is 8. The largest absolute Gasteiger partial charge is 0.456 e. The SMILES string of the molecule is c1ccc(-n2c3ccccc3c3c(-c4nnc(-n5c6ccccc6c6cc7ccccc7cc65)c5ccccc45)cccc32)cc1.c1ccc2cc3c(cc2c1)c1ccccc1n3-c1nnc(-c2cccc3oc4ccccc4c23)c2ccccc12.c1ccc2cc3c(cc2c1)c1ccccc1n3-c1nnc(-c2cccc3sc4ccccc4c23)c2ccccc12. The minimum Gasteiger partial charge on any atom is -0.456 e. The molecule has 0 saturated carbocycles. The first-order valence-corrected chi connectivity index (χ1v) is 43.3. The molecule has 126 heavy (non-hydrogen) atoms. The topological polar surface area (TPSA) is 110 Å². The van der Waals surface area contributed by atoms with E-state index in [9.17, 15) is 0 Å². The van der Waals surface area contributed by atoms with Crippen LogP contribution in [-0.2, 0) is 0 Å². The van der Waals surface area contributed by atoms with Gasteiger partial charge in [0.05, 0.1) is 44.1 Å². The van der Waals surface area contributed by atoms with E-state index in [2.05, 4.69) is 400 Å². The highest BCUT2D eigenvalue weighted by molar-refractivity contribution is 7.26. The van der Waals surface area contributed by atoms with Crippen LogP contribution in [0.1, 0.15) is 0 Å². The van der Waals surface area contributed by atoms with Gasteiger partial charge in [-0.3, -0.25) is 13.7 Å². The van der Waals surface area contributed by atoms with Crippen LogP contribution in [-0.4, -0.2) is 48.9 Å². The molecule has 0 fully saturated rings. The van der Waals surface area contributed by atoms with E-state index in [0.29, 0.717) is 0 Å². The molecular formula is C114H68N10OS. The number of nitrogens with zero attached hydrogens (tertiary/aromatic N) is 10. The minimum absolute atomic E-state index is 0.824. The quantitative estimate of drug-likeness (QED) is 0.156. The van der Waals surface area contributed by atoms with E-state index in [1.807, 2.05) is 41.7 Å². The van der Waals surface area contributed by atoms with E-state index in [1.165, 1.54) is 101 Å². The summed E-state index contributed by atoms with van der Waals surface area (Å²) in [5.41, 5.74) is 17.8. The molecule has 0 radical (unpaired) electrons. The Kier molecular flexibility index (Phi) is 16.0. The maximum absolute atomic E-state index is 6.19. The van der Waals surface area contributed by atoms with E-state index in [1.54, 1.807) is 0 Å². The number of fused-ring (bicyclic) bond motifs is 24. The van der Waals surface area contributed by atoms with Crippen molar-refractivity contribution >= 4 is 205 Å². The molecule has 586 valence electrons. The molecule has 0 N–H and O–H groups in total. The highest BCUT2D eigenvalue weighted by atomic mass is 32.1. The van der Waals surface area contributed by atoms with E-state index in [-0.39, 0.29) is 0 Å². The summed E-state index contributed by atoms with van der Waals surface area (Å²) in [7, 11) is 0. The molecular weight excluding hydrogens is 1560 g/mol. The second kappa shape index (κ2) is 28.4. The number of furan rings is 1. The van der Waals surface area contributed by atoms with Gasteiger partial charge in [-0.05, 0) is 135 Å². The lowest BCUT2D eigenvalue weighted by atomic mass is 9.99. The molecule has 0 saturated heterocycles. The number of para-hydroxylation sites is 6. The Hall–Kier alpha value is -16.8.